The summed E-state index contributed by atoms with van der Waals surface area (Å²) in [6.07, 6.45) is 14.6. The van der Waals surface area contributed by atoms with Crippen molar-refractivity contribution in [1.82, 2.24) is 4.90 Å². The molecular weight excluding hydrogens is 297 g/mol. The van der Waals surface area contributed by atoms with Crippen LogP contribution in [0.2, 0.25) is 0 Å². The second kappa shape index (κ2) is 8.80. The van der Waals surface area contributed by atoms with E-state index in [0.717, 1.165) is 6.04 Å². The van der Waals surface area contributed by atoms with Gasteiger partial charge in [-0.15, -0.1) is 0 Å². The van der Waals surface area contributed by atoms with Gasteiger partial charge in [-0.05, 0) is 19.9 Å². The molecule has 1 aliphatic rings. The standard InChI is InChI=1S/C13H26IN/c1-15(12-14)13-10-8-6-4-2-3-5-7-9-11-13/h13H,2-12H2,1H3. The van der Waals surface area contributed by atoms with E-state index in [1.165, 1.54) is 68.8 Å². The highest BCUT2D eigenvalue weighted by Crippen LogP contribution is 2.20. The van der Waals surface area contributed by atoms with Crippen LogP contribution in [0.5, 0.6) is 0 Å². The normalized spacial score (nSPS) is 22.6. The van der Waals surface area contributed by atoms with Crippen molar-refractivity contribution in [3.05, 3.63) is 0 Å². The monoisotopic (exact) mass is 323 g/mol. The van der Waals surface area contributed by atoms with Gasteiger partial charge in [0, 0.05) is 6.04 Å². The molecule has 1 nitrogen and oxygen atoms in total. The van der Waals surface area contributed by atoms with Crippen LogP contribution >= 0.6 is 22.6 Å². The molecule has 0 aliphatic heterocycles. The zero-order chi connectivity index (χ0) is 10.9. The lowest BCUT2D eigenvalue weighted by atomic mass is 10.0. The highest BCUT2D eigenvalue weighted by atomic mass is 127. The Morgan fingerprint density at radius 1 is 0.867 bits per heavy atom. The Bertz CT molecular complexity index is 137. The second-order valence-corrected chi connectivity index (χ2v) is 5.62. The summed E-state index contributed by atoms with van der Waals surface area (Å²) >= 11 is 2.49. The van der Waals surface area contributed by atoms with Crippen LogP contribution in [0, 0.1) is 0 Å². The summed E-state index contributed by atoms with van der Waals surface area (Å²) in [6, 6.07) is 0.861. The first-order chi connectivity index (χ1) is 7.34. The Labute approximate surface area is 109 Å². The molecule has 0 aromatic rings. The van der Waals surface area contributed by atoms with Crippen LogP contribution in [0.25, 0.3) is 0 Å². The van der Waals surface area contributed by atoms with Crippen molar-refractivity contribution < 1.29 is 0 Å². The highest BCUT2D eigenvalue weighted by molar-refractivity contribution is 14.1. The van der Waals surface area contributed by atoms with Gasteiger partial charge in [0.05, 0.1) is 4.55 Å². The van der Waals surface area contributed by atoms with E-state index in [4.69, 9.17) is 0 Å². The minimum atomic E-state index is 0.861. The zero-order valence-corrected chi connectivity index (χ0v) is 12.3. The molecule has 0 bridgehead atoms. The van der Waals surface area contributed by atoms with E-state index in [1.54, 1.807) is 0 Å². The van der Waals surface area contributed by atoms with Crippen LogP contribution in [0.1, 0.15) is 64.2 Å². The van der Waals surface area contributed by atoms with E-state index in [1.807, 2.05) is 0 Å². The van der Waals surface area contributed by atoms with E-state index in [-0.39, 0.29) is 0 Å². The molecule has 0 atom stereocenters. The molecule has 1 saturated carbocycles. The van der Waals surface area contributed by atoms with Gasteiger partial charge in [-0.1, -0.05) is 74.0 Å². The van der Waals surface area contributed by atoms with Crippen molar-refractivity contribution in [3.63, 3.8) is 0 Å². The first kappa shape index (κ1) is 13.8. The number of halogens is 1. The Morgan fingerprint density at radius 2 is 1.27 bits per heavy atom. The van der Waals surface area contributed by atoms with Crippen LogP contribution in [0.15, 0.2) is 0 Å². The molecule has 0 saturated heterocycles. The molecule has 15 heavy (non-hydrogen) atoms. The predicted octanol–water partition coefficient (Wildman–Crippen LogP) is 4.59. The maximum atomic E-state index is 2.54. The van der Waals surface area contributed by atoms with Crippen LogP contribution in [-0.2, 0) is 0 Å². The molecule has 1 rings (SSSR count). The molecule has 90 valence electrons. The van der Waals surface area contributed by atoms with E-state index >= 15 is 0 Å². The number of hydrogen-bond acceptors (Lipinski definition) is 1. The molecule has 0 radical (unpaired) electrons. The topological polar surface area (TPSA) is 3.24 Å². The zero-order valence-electron chi connectivity index (χ0n) is 10.2. The smallest absolute Gasteiger partial charge is 0.0505 e. The van der Waals surface area contributed by atoms with Gasteiger partial charge in [0.15, 0.2) is 0 Å². The van der Waals surface area contributed by atoms with Gasteiger partial charge in [0.25, 0.3) is 0 Å². The maximum Gasteiger partial charge on any atom is 0.0505 e. The average molecular weight is 323 g/mol. The Hall–Kier alpha value is 0.690. The Kier molecular flexibility index (Phi) is 8.07. The lowest BCUT2D eigenvalue weighted by Crippen LogP contribution is -2.30. The van der Waals surface area contributed by atoms with Gasteiger partial charge < -0.3 is 0 Å². The highest BCUT2D eigenvalue weighted by Gasteiger charge is 2.13. The van der Waals surface area contributed by atoms with Crippen LogP contribution < -0.4 is 0 Å². The van der Waals surface area contributed by atoms with E-state index < -0.39 is 0 Å². The van der Waals surface area contributed by atoms with Crippen LogP contribution in [0.4, 0.5) is 0 Å². The van der Waals surface area contributed by atoms with Crippen molar-refractivity contribution in [3.8, 4) is 0 Å². The SMILES string of the molecule is CN(CI)C1CCCCCCCCCC1. The largest absolute Gasteiger partial charge is 0.294 e. The fourth-order valence-corrected chi connectivity index (χ4v) is 3.06. The quantitative estimate of drug-likeness (QED) is 0.408. The number of rotatable bonds is 2. The summed E-state index contributed by atoms with van der Waals surface area (Å²) in [6.45, 7) is 0. The van der Waals surface area contributed by atoms with Crippen LogP contribution in [-0.4, -0.2) is 22.5 Å². The average Bonchev–Trinajstić information content (AvgIpc) is 2.32. The molecule has 0 aromatic carbocycles. The molecule has 0 aromatic heterocycles. The van der Waals surface area contributed by atoms with E-state index in [2.05, 4.69) is 34.5 Å². The third-order valence-corrected chi connectivity index (χ3v) is 4.71. The van der Waals surface area contributed by atoms with Crippen molar-refractivity contribution in [1.29, 1.82) is 0 Å². The van der Waals surface area contributed by atoms with Gasteiger partial charge >= 0.3 is 0 Å². The molecule has 0 spiro atoms. The maximum absolute atomic E-state index is 2.54. The van der Waals surface area contributed by atoms with Crippen molar-refractivity contribution in [2.75, 3.05) is 11.6 Å². The summed E-state index contributed by atoms with van der Waals surface area (Å²) in [5.74, 6) is 0. The predicted molar refractivity (Wildman–Crippen MR) is 76.6 cm³/mol. The van der Waals surface area contributed by atoms with Crippen molar-refractivity contribution in [2.45, 2.75) is 70.3 Å². The summed E-state index contributed by atoms with van der Waals surface area (Å²) in [5.41, 5.74) is 0. The number of nitrogens with zero attached hydrogens (tertiary/aromatic N) is 1. The molecule has 0 amide bonds. The number of hydrogen-bond donors (Lipinski definition) is 0. The van der Waals surface area contributed by atoms with Gasteiger partial charge in [-0.2, -0.15) is 0 Å². The fourth-order valence-electron chi connectivity index (χ4n) is 2.50. The minimum absolute atomic E-state index is 0.861. The van der Waals surface area contributed by atoms with E-state index in [9.17, 15) is 0 Å². The molecule has 0 unspecified atom stereocenters. The molecule has 1 aliphatic carbocycles. The molecular formula is C13H26IN. The molecule has 0 heterocycles. The van der Waals surface area contributed by atoms with Gasteiger partial charge in [-0.3, -0.25) is 4.90 Å². The molecule has 0 N–H and O–H groups in total. The summed E-state index contributed by atoms with van der Waals surface area (Å²) in [4.78, 5) is 2.54. The van der Waals surface area contributed by atoms with Gasteiger partial charge in [0.1, 0.15) is 0 Å². The Morgan fingerprint density at radius 3 is 1.67 bits per heavy atom. The Balaban J connectivity index is 2.31. The first-order valence-corrected chi connectivity index (χ1v) is 8.13. The summed E-state index contributed by atoms with van der Waals surface area (Å²) in [5, 5.41) is 0. The minimum Gasteiger partial charge on any atom is -0.294 e. The second-order valence-electron chi connectivity index (χ2n) is 4.94. The van der Waals surface area contributed by atoms with Gasteiger partial charge in [0.2, 0.25) is 0 Å². The lowest BCUT2D eigenvalue weighted by molar-refractivity contribution is 0.248. The third kappa shape index (κ3) is 6.10. The summed E-state index contributed by atoms with van der Waals surface area (Å²) < 4.78 is 1.18. The van der Waals surface area contributed by atoms with E-state index in [0.29, 0.717) is 0 Å². The lowest BCUT2D eigenvalue weighted by Gasteiger charge is -2.26. The van der Waals surface area contributed by atoms with Crippen molar-refractivity contribution in [2.24, 2.45) is 0 Å². The van der Waals surface area contributed by atoms with Crippen LogP contribution in [0.3, 0.4) is 0 Å². The summed E-state index contributed by atoms with van der Waals surface area (Å²) in [7, 11) is 2.29. The third-order valence-electron chi connectivity index (χ3n) is 3.64. The first-order valence-electron chi connectivity index (χ1n) is 6.61. The van der Waals surface area contributed by atoms with Gasteiger partial charge in [-0.25, -0.2) is 0 Å². The molecule has 2 heteroatoms. The fraction of sp³-hybridized carbons (Fsp3) is 1.00. The number of alkyl halides is 1. The molecule has 1 fully saturated rings. The van der Waals surface area contributed by atoms with Crippen molar-refractivity contribution >= 4 is 22.6 Å².